The smallest absolute Gasteiger partial charge is 0.0978 e. The van der Waals surface area contributed by atoms with Crippen LogP contribution in [-0.2, 0) is 0 Å². The lowest BCUT2D eigenvalue weighted by molar-refractivity contribution is 1.32. The van der Waals surface area contributed by atoms with Crippen molar-refractivity contribution >= 4 is 43.4 Å². The number of rotatable bonds is 5. The Labute approximate surface area is 300 Å². The van der Waals surface area contributed by atoms with Crippen molar-refractivity contribution in [2.45, 2.75) is 0 Å². The Morgan fingerprint density at radius 3 is 1.52 bits per heavy atom. The lowest BCUT2D eigenvalue weighted by Crippen LogP contribution is -1.96. The standard InChI is InChI=1S/C48H30N4/c1-2-11-31(12-3-1)43-28-44(52-48-42(43)21-20-32-13-10-24-51-47(32)48)46-40-18-6-4-16-38(40)45(39-17-5-7-19-41(39)46)37-26-35(33-14-8-22-49-29-33)25-36(27-37)34-15-9-23-50-30-34/h1-30H. The minimum absolute atomic E-state index is 0.900. The molecule has 0 unspecified atom stereocenters. The van der Waals surface area contributed by atoms with Crippen molar-refractivity contribution < 1.29 is 0 Å². The summed E-state index contributed by atoms with van der Waals surface area (Å²) in [7, 11) is 0. The van der Waals surface area contributed by atoms with E-state index in [-0.39, 0.29) is 0 Å². The molecule has 0 amide bonds. The Balaban J connectivity index is 1.31. The molecule has 0 N–H and O–H groups in total. The van der Waals surface area contributed by atoms with Crippen LogP contribution in [0.2, 0.25) is 0 Å². The van der Waals surface area contributed by atoms with Gasteiger partial charge < -0.3 is 0 Å². The largest absolute Gasteiger partial charge is 0.264 e. The van der Waals surface area contributed by atoms with Gasteiger partial charge in [0.2, 0.25) is 0 Å². The summed E-state index contributed by atoms with van der Waals surface area (Å²) < 4.78 is 0. The second-order valence-electron chi connectivity index (χ2n) is 13.1. The van der Waals surface area contributed by atoms with Gasteiger partial charge in [0.15, 0.2) is 0 Å². The van der Waals surface area contributed by atoms with Gasteiger partial charge in [-0.25, -0.2) is 4.98 Å². The van der Waals surface area contributed by atoms with Gasteiger partial charge in [-0.05, 0) is 97.4 Å². The van der Waals surface area contributed by atoms with Gasteiger partial charge in [-0.3, -0.25) is 15.0 Å². The molecule has 0 radical (unpaired) electrons. The van der Waals surface area contributed by atoms with E-state index in [1.54, 1.807) is 0 Å². The lowest BCUT2D eigenvalue weighted by atomic mass is 9.85. The summed E-state index contributed by atoms with van der Waals surface area (Å²) in [6.45, 7) is 0. The van der Waals surface area contributed by atoms with E-state index in [1.807, 2.05) is 49.2 Å². The van der Waals surface area contributed by atoms with E-state index in [2.05, 4.69) is 143 Å². The first-order valence-electron chi connectivity index (χ1n) is 17.4. The molecule has 4 nitrogen and oxygen atoms in total. The van der Waals surface area contributed by atoms with Crippen molar-refractivity contribution in [2.75, 3.05) is 0 Å². The maximum atomic E-state index is 5.49. The summed E-state index contributed by atoms with van der Waals surface area (Å²) in [6, 6.07) is 53.9. The molecule has 4 aromatic heterocycles. The van der Waals surface area contributed by atoms with Gasteiger partial charge in [-0.1, -0.05) is 109 Å². The van der Waals surface area contributed by atoms with E-state index < -0.39 is 0 Å². The Kier molecular flexibility index (Phi) is 7.10. The van der Waals surface area contributed by atoms with Crippen molar-refractivity contribution in [3.05, 3.63) is 183 Å². The molecule has 0 fully saturated rings. The van der Waals surface area contributed by atoms with E-state index in [4.69, 9.17) is 9.97 Å². The Bertz CT molecular complexity index is 2830. The van der Waals surface area contributed by atoms with E-state index >= 15 is 0 Å². The van der Waals surface area contributed by atoms with Crippen molar-refractivity contribution in [1.82, 2.24) is 19.9 Å². The number of fused-ring (bicyclic) bond motifs is 5. The molecule has 0 saturated heterocycles. The second kappa shape index (κ2) is 12.4. The van der Waals surface area contributed by atoms with E-state index in [1.165, 1.54) is 5.56 Å². The van der Waals surface area contributed by atoms with Crippen LogP contribution in [0.3, 0.4) is 0 Å². The van der Waals surface area contributed by atoms with Gasteiger partial charge in [-0.2, -0.15) is 0 Å². The average molecular weight is 663 g/mol. The zero-order chi connectivity index (χ0) is 34.4. The van der Waals surface area contributed by atoms with Crippen LogP contribution in [0.1, 0.15) is 0 Å². The first kappa shape index (κ1) is 29.8. The minimum atomic E-state index is 0.900. The second-order valence-corrected chi connectivity index (χ2v) is 13.1. The number of pyridine rings is 4. The third-order valence-corrected chi connectivity index (χ3v) is 10.0. The van der Waals surface area contributed by atoms with Crippen molar-refractivity contribution in [3.63, 3.8) is 0 Å². The van der Waals surface area contributed by atoms with Crippen LogP contribution in [0.4, 0.5) is 0 Å². The van der Waals surface area contributed by atoms with Crippen molar-refractivity contribution in [3.8, 4) is 55.8 Å². The molecule has 6 aromatic carbocycles. The molecular formula is C48H30N4. The molecule has 0 aliphatic rings. The van der Waals surface area contributed by atoms with Crippen LogP contribution < -0.4 is 0 Å². The van der Waals surface area contributed by atoms with Gasteiger partial charge in [0.05, 0.1) is 16.7 Å². The molecule has 4 heterocycles. The Morgan fingerprint density at radius 1 is 0.346 bits per heavy atom. The molecule has 0 saturated carbocycles. The summed E-state index contributed by atoms with van der Waals surface area (Å²) >= 11 is 0. The SMILES string of the molecule is c1ccc(-c2cc(-c3c4ccccc4c(-c4cc(-c5cccnc5)cc(-c5cccnc5)c4)c4ccccc34)nc3c2ccc2cccnc23)cc1. The van der Waals surface area contributed by atoms with Crippen LogP contribution in [0.5, 0.6) is 0 Å². The fourth-order valence-electron chi connectivity index (χ4n) is 7.70. The monoisotopic (exact) mass is 662 g/mol. The van der Waals surface area contributed by atoms with E-state index in [0.29, 0.717) is 0 Å². The highest BCUT2D eigenvalue weighted by Gasteiger charge is 2.21. The Hall–Kier alpha value is -7.04. The minimum Gasteiger partial charge on any atom is -0.264 e. The number of aromatic nitrogens is 4. The third kappa shape index (κ3) is 5.00. The summed E-state index contributed by atoms with van der Waals surface area (Å²) in [5.41, 5.74) is 12.8. The van der Waals surface area contributed by atoms with Crippen LogP contribution in [0.15, 0.2) is 183 Å². The number of hydrogen-bond acceptors (Lipinski definition) is 4. The molecule has 10 rings (SSSR count). The summed E-state index contributed by atoms with van der Waals surface area (Å²) in [5, 5.41) is 6.77. The zero-order valence-corrected chi connectivity index (χ0v) is 28.1. The molecular weight excluding hydrogens is 633 g/mol. The molecule has 10 aromatic rings. The van der Waals surface area contributed by atoms with Gasteiger partial charge in [0, 0.05) is 58.4 Å². The predicted molar refractivity (Wildman–Crippen MR) is 215 cm³/mol. The topological polar surface area (TPSA) is 51.6 Å². The molecule has 0 atom stereocenters. The number of benzene rings is 6. The first-order valence-corrected chi connectivity index (χ1v) is 17.4. The molecule has 0 spiro atoms. The number of hydrogen-bond donors (Lipinski definition) is 0. The van der Waals surface area contributed by atoms with E-state index in [9.17, 15) is 0 Å². The summed E-state index contributed by atoms with van der Waals surface area (Å²) in [6.07, 6.45) is 9.35. The predicted octanol–water partition coefficient (Wildman–Crippen LogP) is 12.2. The highest BCUT2D eigenvalue weighted by atomic mass is 14.8. The molecule has 4 heteroatoms. The van der Waals surface area contributed by atoms with Gasteiger partial charge in [-0.15, -0.1) is 0 Å². The highest BCUT2D eigenvalue weighted by Crippen LogP contribution is 2.46. The zero-order valence-electron chi connectivity index (χ0n) is 28.1. The maximum Gasteiger partial charge on any atom is 0.0978 e. The van der Waals surface area contributed by atoms with Crippen LogP contribution in [-0.4, -0.2) is 19.9 Å². The van der Waals surface area contributed by atoms with Gasteiger partial charge >= 0.3 is 0 Å². The molecule has 52 heavy (non-hydrogen) atoms. The van der Waals surface area contributed by atoms with Crippen molar-refractivity contribution in [2.24, 2.45) is 0 Å². The third-order valence-electron chi connectivity index (χ3n) is 10.0. The summed E-state index contributed by atoms with van der Waals surface area (Å²) in [5.74, 6) is 0. The average Bonchev–Trinajstić information content (AvgIpc) is 3.23. The Morgan fingerprint density at radius 2 is 0.904 bits per heavy atom. The summed E-state index contributed by atoms with van der Waals surface area (Å²) in [4.78, 5) is 19.3. The van der Waals surface area contributed by atoms with Gasteiger partial charge in [0.1, 0.15) is 0 Å². The molecule has 0 aliphatic heterocycles. The van der Waals surface area contributed by atoms with Gasteiger partial charge in [0.25, 0.3) is 0 Å². The normalized spacial score (nSPS) is 11.5. The highest BCUT2D eigenvalue weighted by molar-refractivity contribution is 6.22. The lowest BCUT2D eigenvalue weighted by Gasteiger charge is -2.20. The molecule has 242 valence electrons. The van der Waals surface area contributed by atoms with Crippen LogP contribution >= 0.6 is 0 Å². The fourth-order valence-corrected chi connectivity index (χ4v) is 7.70. The molecule has 0 aliphatic carbocycles. The van der Waals surface area contributed by atoms with Crippen LogP contribution in [0, 0.1) is 0 Å². The van der Waals surface area contributed by atoms with Crippen molar-refractivity contribution in [1.29, 1.82) is 0 Å². The fraction of sp³-hybridized carbons (Fsp3) is 0. The quantitative estimate of drug-likeness (QED) is 0.136. The maximum absolute atomic E-state index is 5.49. The van der Waals surface area contributed by atoms with E-state index in [0.717, 1.165) is 93.6 Å². The molecule has 0 bridgehead atoms. The first-order chi connectivity index (χ1) is 25.8. The van der Waals surface area contributed by atoms with Crippen LogP contribution in [0.25, 0.3) is 99.1 Å². The number of nitrogens with zero attached hydrogens (tertiary/aromatic N) is 4.